The van der Waals surface area contributed by atoms with E-state index < -0.39 is 5.97 Å². The number of rotatable bonds is 0. The van der Waals surface area contributed by atoms with Gasteiger partial charge in [0.05, 0.1) is 0 Å². The monoisotopic (exact) mass is 192 g/mol. The van der Waals surface area contributed by atoms with Crippen LogP contribution < -0.4 is 5.11 Å². The molecule has 0 aromatic heterocycles. The minimum absolute atomic E-state index is 0. The molecule has 0 amide bonds. The first-order valence-electron chi connectivity index (χ1n) is 0.908. The molecule has 0 aliphatic carbocycles. The molecule has 0 rings (SSSR count). The Morgan fingerprint density at radius 2 is 1.67 bits per heavy atom. The molecule has 0 aromatic rings. The molecule has 0 bridgehead atoms. The number of aliphatic carboxylic acids is 1. The van der Waals surface area contributed by atoms with Crippen molar-refractivity contribution in [2.75, 3.05) is 0 Å². The van der Waals surface area contributed by atoms with E-state index in [9.17, 15) is 0 Å². The molecule has 0 radical (unpaired) electrons. The van der Waals surface area contributed by atoms with Crippen molar-refractivity contribution in [3.63, 3.8) is 0 Å². The van der Waals surface area contributed by atoms with Crippen LogP contribution in [0.2, 0.25) is 0 Å². The summed E-state index contributed by atoms with van der Waals surface area (Å²) < 4.78 is 0. The first kappa shape index (κ1) is 16.3. The van der Waals surface area contributed by atoms with Gasteiger partial charge in [0.2, 0.25) is 0 Å². The SMILES string of the molecule is CC(=O)[O-].O.[In+3]. The summed E-state index contributed by atoms with van der Waals surface area (Å²) in [6.07, 6.45) is 0. The fourth-order valence-electron chi connectivity index (χ4n) is 0. The van der Waals surface area contributed by atoms with Crippen molar-refractivity contribution in [1.29, 1.82) is 0 Å². The third-order valence-electron chi connectivity index (χ3n) is 0. The van der Waals surface area contributed by atoms with E-state index in [2.05, 4.69) is 0 Å². The van der Waals surface area contributed by atoms with Crippen molar-refractivity contribution in [2.24, 2.45) is 0 Å². The van der Waals surface area contributed by atoms with Crippen LogP contribution in [0.15, 0.2) is 0 Å². The number of carboxylic acids is 1. The summed E-state index contributed by atoms with van der Waals surface area (Å²) in [5.74, 6) is -1.08. The zero-order chi connectivity index (χ0) is 3.58. The predicted octanol–water partition coefficient (Wildman–Crippen LogP) is -2.45. The Hall–Kier alpha value is 0.300. The van der Waals surface area contributed by atoms with Crippen LogP contribution in [0.3, 0.4) is 0 Å². The molecular weight excluding hydrogens is 187 g/mol. The van der Waals surface area contributed by atoms with E-state index in [4.69, 9.17) is 9.90 Å². The minimum Gasteiger partial charge on any atom is -0.550 e. The summed E-state index contributed by atoms with van der Waals surface area (Å²) in [7, 11) is 0. The van der Waals surface area contributed by atoms with Crippen molar-refractivity contribution in [2.45, 2.75) is 6.92 Å². The second kappa shape index (κ2) is 9.00. The molecule has 0 aromatic carbocycles. The average molecular weight is 192 g/mol. The quantitative estimate of drug-likeness (QED) is 0.427. The maximum absolute atomic E-state index is 8.89. The molecule has 0 spiro atoms. The van der Waals surface area contributed by atoms with Crippen molar-refractivity contribution < 1.29 is 15.4 Å². The first-order valence-corrected chi connectivity index (χ1v) is 0.908. The van der Waals surface area contributed by atoms with Gasteiger partial charge in [0, 0.05) is 5.97 Å². The maximum Gasteiger partial charge on any atom is 3.00 e. The number of carbonyl (C=O) groups is 1. The summed E-state index contributed by atoms with van der Waals surface area (Å²) in [6.45, 7) is 0.972. The zero-order valence-electron chi connectivity index (χ0n) is 3.39. The van der Waals surface area contributed by atoms with E-state index in [1.165, 1.54) is 0 Å². The van der Waals surface area contributed by atoms with E-state index in [1.807, 2.05) is 0 Å². The van der Waals surface area contributed by atoms with E-state index in [-0.39, 0.29) is 31.3 Å². The fraction of sp³-hybridized carbons (Fsp3) is 0.500. The Morgan fingerprint density at radius 3 is 1.67 bits per heavy atom. The van der Waals surface area contributed by atoms with Gasteiger partial charge in [-0.3, -0.25) is 0 Å². The Morgan fingerprint density at radius 1 is 1.67 bits per heavy atom. The van der Waals surface area contributed by atoms with Gasteiger partial charge in [-0.15, -0.1) is 0 Å². The molecule has 0 saturated heterocycles. The molecule has 0 saturated carbocycles. The maximum atomic E-state index is 8.89. The van der Waals surface area contributed by atoms with Crippen molar-refractivity contribution in [3.05, 3.63) is 0 Å². The van der Waals surface area contributed by atoms with Crippen LogP contribution in [0.4, 0.5) is 0 Å². The molecular formula is C2H5InO3+2. The van der Waals surface area contributed by atoms with Gasteiger partial charge in [-0.05, 0) is 6.92 Å². The zero-order valence-corrected chi connectivity index (χ0v) is 6.69. The summed E-state index contributed by atoms with van der Waals surface area (Å²) in [5, 5.41) is 8.89. The topological polar surface area (TPSA) is 71.6 Å². The molecule has 0 unspecified atom stereocenters. The fourth-order valence-corrected chi connectivity index (χ4v) is 0. The van der Waals surface area contributed by atoms with Crippen LogP contribution >= 0.6 is 0 Å². The molecule has 0 heterocycles. The van der Waals surface area contributed by atoms with Gasteiger partial charge in [-0.25, -0.2) is 0 Å². The largest absolute Gasteiger partial charge is 3.00 e. The molecule has 0 atom stereocenters. The van der Waals surface area contributed by atoms with Crippen LogP contribution in [0.1, 0.15) is 6.92 Å². The van der Waals surface area contributed by atoms with Crippen LogP contribution in [0.25, 0.3) is 0 Å². The summed E-state index contributed by atoms with van der Waals surface area (Å²) >= 11 is 0. The summed E-state index contributed by atoms with van der Waals surface area (Å²) in [4.78, 5) is 8.89. The van der Waals surface area contributed by atoms with Gasteiger partial charge in [0.15, 0.2) is 0 Å². The Balaban J connectivity index is -0.0000000450. The minimum atomic E-state index is -1.08. The van der Waals surface area contributed by atoms with Crippen LogP contribution in [0.5, 0.6) is 0 Å². The molecule has 2 N–H and O–H groups in total. The van der Waals surface area contributed by atoms with Crippen LogP contribution in [0, 0.1) is 0 Å². The van der Waals surface area contributed by atoms with E-state index in [0.717, 1.165) is 6.92 Å². The number of hydrogen-bond acceptors (Lipinski definition) is 2. The van der Waals surface area contributed by atoms with Crippen LogP contribution in [-0.2, 0) is 4.79 Å². The third kappa shape index (κ3) is 520. The molecule has 6 heavy (non-hydrogen) atoms. The van der Waals surface area contributed by atoms with Crippen molar-refractivity contribution in [3.8, 4) is 0 Å². The van der Waals surface area contributed by atoms with Gasteiger partial charge in [-0.2, -0.15) is 0 Å². The van der Waals surface area contributed by atoms with Gasteiger partial charge in [-0.1, -0.05) is 0 Å². The first-order chi connectivity index (χ1) is 1.73. The Bertz CT molecular complexity index is 31.8. The number of carbonyl (C=O) groups excluding carboxylic acids is 1. The molecule has 4 heteroatoms. The van der Waals surface area contributed by atoms with E-state index in [1.54, 1.807) is 0 Å². The second-order valence-electron chi connectivity index (χ2n) is 0.492. The Labute approximate surface area is 54.4 Å². The second-order valence-corrected chi connectivity index (χ2v) is 0.492. The van der Waals surface area contributed by atoms with E-state index in [0.29, 0.717) is 0 Å². The van der Waals surface area contributed by atoms with Gasteiger partial charge in [0.25, 0.3) is 0 Å². The normalized spacial score (nSPS) is 4.17. The summed E-state index contributed by atoms with van der Waals surface area (Å²) in [5.41, 5.74) is 0. The van der Waals surface area contributed by atoms with E-state index >= 15 is 0 Å². The van der Waals surface area contributed by atoms with Gasteiger partial charge >= 0.3 is 25.8 Å². The standard InChI is InChI=1S/C2H4O2.In.H2O/c1-2(3)4;;/h1H3,(H,3,4);;1H2/q;+3;/p-1. The predicted molar refractivity (Wildman–Crippen MR) is 20.0 cm³/mol. The Kier molecular flexibility index (Phi) is 24.4. The smallest absolute Gasteiger partial charge is 0.550 e. The van der Waals surface area contributed by atoms with Crippen molar-refractivity contribution in [1.82, 2.24) is 0 Å². The molecule has 0 fully saturated rings. The third-order valence-corrected chi connectivity index (χ3v) is 0. The molecule has 0 aliphatic heterocycles. The van der Waals surface area contributed by atoms with Gasteiger partial charge < -0.3 is 15.4 Å². The van der Waals surface area contributed by atoms with Crippen LogP contribution in [-0.4, -0.2) is 37.3 Å². The summed E-state index contributed by atoms with van der Waals surface area (Å²) in [6, 6.07) is 0. The molecule has 32 valence electrons. The number of hydrogen-bond donors (Lipinski definition) is 0. The van der Waals surface area contributed by atoms with Gasteiger partial charge in [0.1, 0.15) is 0 Å². The number of carboxylic acid groups (broad SMARTS) is 1. The molecule has 3 nitrogen and oxygen atoms in total. The van der Waals surface area contributed by atoms with Crippen molar-refractivity contribution >= 4 is 31.8 Å². The molecule has 0 aliphatic rings. The average Bonchev–Trinajstić information content (AvgIpc) is 0.811.